The number of ether oxygens (including phenoxy) is 1. The summed E-state index contributed by atoms with van der Waals surface area (Å²) in [6, 6.07) is 4.97. The van der Waals surface area contributed by atoms with Crippen LogP contribution in [0.3, 0.4) is 0 Å². The van der Waals surface area contributed by atoms with Gasteiger partial charge in [-0.3, -0.25) is 4.79 Å². The molecule has 110 valence electrons. The van der Waals surface area contributed by atoms with Crippen LogP contribution in [0.15, 0.2) is 29.2 Å². The third-order valence-corrected chi connectivity index (χ3v) is 3.74. The molecular weight excluding hydrogens is 315 g/mol. The molecule has 0 atom stereocenters. The van der Waals surface area contributed by atoms with Crippen LogP contribution in [0.1, 0.15) is 0 Å². The van der Waals surface area contributed by atoms with Crippen molar-refractivity contribution in [3.8, 4) is 5.82 Å². The van der Waals surface area contributed by atoms with E-state index in [1.165, 1.54) is 0 Å². The predicted molar refractivity (Wildman–Crippen MR) is 80.7 cm³/mol. The molecule has 2 aromatic rings. The number of hydrogen-bond donors (Lipinski definition) is 0. The van der Waals surface area contributed by atoms with Crippen LogP contribution in [0, 0.1) is 0 Å². The van der Waals surface area contributed by atoms with Crippen LogP contribution in [0.4, 0.5) is 5.69 Å². The van der Waals surface area contributed by atoms with Gasteiger partial charge in [-0.2, -0.15) is 9.78 Å². The average molecular weight is 327 g/mol. The second kappa shape index (κ2) is 6.01. The van der Waals surface area contributed by atoms with Crippen LogP contribution in [-0.4, -0.2) is 41.1 Å². The highest BCUT2D eigenvalue weighted by atomic mass is 35.5. The van der Waals surface area contributed by atoms with Crippen molar-refractivity contribution in [1.82, 2.24) is 14.8 Å². The summed E-state index contributed by atoms with van der Waals surface area (Å²) in [5.74, 6) is 0.336. The fraction of sp³-hybridized carbons (Fsp3) is 0.308. The Morgan fingerprint density at radius 1 is 1.19 bits per heavy atom. The second-order valence-corrected chi connectivity index (χ2v) is 5.24. The lowest BCUT2D eigenvalue weighted by Gasteiger charge is -2.29. The summed E-state index contributed by atoms with van der Waals surface area (Å²) in [6.07, 6.45) is 1.57. The van der Waals surface area contributed by atoms with E-state index in [9.17, 15) is 4.79 Å². The summed E-state index contributed by atoms with van der Waals surface area (Å²) in [4.78, 5) is 18.4. The van der Waals surface area contributed by atoms with Crippen LogP contribution < -0.4 is 10.5 Å². The van der Waals surface area contributed by atoms with Crippen molar-refractivity contribution in [3.63, 3.8) is 0 Å². The highest BCUT2D eigenvalue weighted by Crippen LogP contribution is 2.22. The Balaban J connectivity index is 2.02. The molecule has 1 saturated heterocycles. The normalized spacial score (nSPS) is 15.2. The number of pyridine rings is 1. The van der Waals surface area contributed by atoms with E-state index in [1.807, 2.05) is 4.90 Å². The van der Waals surface area contributed by atoms with E-state index in [4.69, 9.17) is 27.9 Å². The molecule has 21 heavy (non-hydrogen) atoms. The molecular formula is C13H12Cl2N4O2. The van der Waals surface area contributed by atoms with E-state index in [-0.39, 0.29) is 10.2 Å². The Hall–Kier alpha value is -1.63. The van der Waals surface area contributed by atoms with Crippen molar-refractivity contribution >= 4 is 28.9 Å². The molecule has 2 aromatic heterocycles. The lowest BCUT2D eigenvalue weighted by molar-refractivity contribution is 0.122. The first kappa shape index (κ1) is 14.3. The van der Waals surface area contributed by atoms with Gasteiger partial charge in [0.05, 0.1) is 25.1 Å². The Bertz CT molecular complexity index is 714. The summed E-state index contributed by atoms with van der Waals surface area (Å²) < 4.78 is 6.42. The van der Waals surface area contributed by atoms with Gasteiger partial charge in [0.1, 0.15) is 10.2 Å². The lowest BCUT2D eigenvalue weighted by Crippen LogP contribution is -2.38. The Morgan fingerprint density at radius 3 is 2.67 bits per heavy atom. The molecule has 0 N–H and O–H groups in total. The highest BCUT2D eigenvalue weighted by molar-refractivity contribution is 6.33. The van der Waals surface area contributed by atoms with Gasteiger partial charge in [0.15, 0.2) is 5.82 Å². The van der Waals surface area contributed by atoms with Gasteiger partial charge in [-0.15, -0.1) is 0 Å². The summed E-state index contributed by atoms with van der Waals surface area (Å²) in [5.41, 5.74) is 0.193. The molecule has 0 aliphatic carbocycles. The quantitative estimate of drug-likeness (QED) is 0.787. The number of morpholine rings is 1. The summed E-state index contributed by atoms with van der Waals surface area (Å²) in [5, 5.41) is 4.55. The molecule has 0 amide bonds. The van der Waals surface area contributed by atoms with Gasteiger partial charge >= 0.3 is 0 Å². The molecule has 1 fully saturated rings. The lowest BCUT2D eigenvalue weighted by atomic mass is 10.3. The van der Waals surface area contributed by atoms with Gasteiger partial charge < -0.3 is 9.64 Å². The molecule has 3 rings (SSSR count). The van der Waals surface area contributed by atoms with Crippen LogP contribution >= 0.6 is 23.2 Å². The second-order valence-electron chi connectivity index (χ2n) is 4.48. The molecule has 6 nitrogen and oxygen atoms in total. The molecule has 0 aromatic carbocycles. The Morgan fingerprint density at radius 2 is 1.95 bits per heavy atom. The van der Waals surface area contributed by atoms with Gasteiger partial charge in [0.2, 0.25) is 0 Å². The monoisotopic (exact) mass is 326 g/mol. The number of anilines is 1. The zero-order valence-electron chi connectivity index (χ0n) is 11.0. The first-order chi connectivity index (χ1) is 10.2. The van der Waals surface area contributed by atoms with E-state index in [1.54, 1.807) is 24.4 Å². The number of aromatic nitrogens is 3. The highest BCUT2D eigenvalue weighted by Gasteiger charge is 2.18. The molecule has 0 saturated carbocycles. The predicted octanol–water partition coefficient (Wildman–Crippen LogP) is 1.77. The molecule has 1 aliphatic heterocycles. The average Bonchev–Trinajstić information content (AvgIpc) is 2.51. The smallest absolute Gasteiger partial charge is 0.293 e. The zero-order valence-corrected chi connectivity index (χ0v) is 12.5. The van der Waals surface area contributed by atoms with Crippen molar-refractivity contribution in [2.24, 2.45) is 0 Å². The maximum Gasteiger partial charge on any atom is 0.293 e. The minimum absolute atomic E-state index is 0.119. The Labute approximate surface area is 130 Å². The van der Waals surface area contributed by atoms with Crippen LogP contribution in [0.25, 0.3) is 5.82 Å². The van der Waals surface area contributed by atoms with E-state index in [0.717, 1.165) is 4.68 Å². The van der Waals surface area contributed by atoms with Crippen molar-refractivity contribution in [1.29, 1.82) is 0 Å². The molecule has 3 heterocycles. The molecule has 0 unspecified atom stereocenters. The number of halogens is 2. The fourth-order valence-corrected chi connectivity index (χ4v) is 2.54. The maximum absolute atomic E-state index is 12.4. The van der Waals surface area contributed by atoms with Crippen molar-refractivity contribution < 1.29 is 4.74 Å². The number of nitrogens with zero attached hydrogens (tertiary/aromatic N) is 4. The first-order valence-corrected chi connectivity index (χ1v) is 7.16. The number of rotatable bonds is 2. The first-order valence-electron chi connectivity index (χ1n) is 6.40. The number of hydrogen-bond acceptors (Lipinski definition) is 5. The van der Waals surface area contributed by atoms with E-state index < -0.39 is 5.56 Å². The SMILES string of the molecule is O=c1c(Cl)c(N2CCOCC2)cnn1-c1cccc(Cl)n1. The minimum Gasteiger partial charge on any atom is -0.378 e. The van der Waals surface area contributed by atoms with Crippen LogP contribution in [0.5, 0.6) is 0 Å². The van der Waals surface area contributed by atoms with Gasteiger partial charge in [0.25, 0.3) is 5.56 Å². The molecule has 0 radical (unpaired) electrons. The van der Waals surface area contributed by atoms with Gasteiger partial charge in [0, 0.05) is 13.1 Å². The fourth-order valence-electron chi connectivity index (χ4n) is 2.13. The van der Waals surface area contributed by atoms with E-state index in [0.29, 0.717) is 37.8 Å². The van der Waals surface area contributed by atoms with Crippen molar-refractivity contribution in [3.05, 3.63) is 44.9 Å². The van der Waals surface area contributed by atoms with Crippen LogP contribution in [-0.2, 0) is 4.74 Å². The molecule has 8 heteroatoms. The molecule has 1 aliphatic rings. The van der Waals surface area contributed by atoms with E-state index >= 15 is 0 Å². The third-order valence-electron chi connectivity index (χ3n) is 3.17. The van der Waals surface area contributed by atoms with Gasteiger partial charge in [-0.25, -0.2) is 4.98 Å². The summed E-state index contributed by atoms with van der Waals surface area (Å²) in [7, 11) is 0. The van der Waals surface area contributed by atoms with Crippen LogP contribution in [0.2, 0.25) is 10.2 Å². The van der Waals surface area contributed by atoms with Crippen molar-refractivity contribution in [2.75, 3.05) is 31.2 Å². The van der Waals surface area contributed by atoms with Gasteiger partial charge in [-0.1, -0.05) is 29.3 Å². The minimum atomic E-state index is -0.421. The zero-order chi connectivity index (χ0) is 14.8. The Kier molecular flexibility index (Phi) is 4.10. The van der Waals surface area contributed by atoms with Gasteiger partial charge in [-0.05, 0) is 12.1 Å². The standard InChI is InChI=1S/C13H12Cl2N4O2/c14-10-2-1-3-11(17-10)19-13(20)12(15)9(8-16-19)18-4-6-21-7-5-18/h1-3,8H,4-7H2. The van der Waals surface area contributed by atoms with E-state index in [2.05, 4.69) is 10.1 Å². The summed E-state index contributed by atoms with van der Waals surface area (Å²) in [6.45, 7) is 2.57. The maximum atomic E-state index is 12.4. The van der Waals surface area contributed by atoms with Crippen molar-refractivity contribution in [2.45, 2.75) is 0 Å². The molecule has 0 spiro atoms. The summed E-state index contributed by atoms with van der Waals surface area (Å²) >= 11 is 12.0. The topological polar surface area (TPSA) is 60.3 Å². The molecule has 0 bridgehead atoms. The largest absolute Gasteiger partial charge is 0.378 e. The third kappa shape index (κ3) is 2.88.